The van der Waals surface area contributed by atoms with Crippen molar-refractivity contribution in [3.63, 3.8) is 0 Å². The van der Waals surface area contributed by atoms with Crippen LogP contribution in [-0.2, 0) is 0 Å². The van der Waals surface area contributed by atoms with Gasteiger partial charge in [0.05, 0.1) is 29.0 Å². The minimum absolute atomic E-state index is 0.220. The number of hydrogen-bond donors (Lipinski definition) is 2. The van der Waals surface area contributed by atoms with Gasteiger partial charge in [0.15, 0.2) is 5.75 Å². The van der Waals surface area contributed by atoms with Crippen molar-refractivity contribution in [3.05, 3.63) is 36.2 Å². The molecule has 8 nitrogen and oxygen atoms in total. The Morgan fingerprint density at radius 2 is 1.82 bits per heavy atom. The van der Waals surface area contributed by atoms with Gasteiger partial charge in [0.1, 0.15) is 23.1 Å². The van der Waals surface area contributed by atoms with E-state index in [1.54, 1.807) is 25.5 Å². The molecule has 1 aromatic carbocycles. The Bertz CT molecular complexity index is 1320. The standard InChI is InChI=1S/C24H26FN7O/c1-13-27-9-17(10-28-13)33-24-30-22-20(18-7-16(25)8-19(26-2)21(18)29-22)23(31-24)32-11-14-5-3-4-6-15(14)12-32/h7-10,14-15,26H,3-6,11-12H2,1-2H3,(H,29,30,31)/t14-,15+. The van der Waals surface area contributed by atoms with Crippen molar-refractivity contribution in [1.29, 1.82) is 0 Å². The van der Waals surface area contributed by atoms with E-state index in [4.69, 9.17) is 9.72 Å². The van der Waals surface area contributed by atoms with E-state index in [1.807, 2.05) is 6.92 Å². The molecule has 2 fully saturated rings. The quantitative estimate of drug-likeness (QED) is 0.464. The highest BCUT2D eigenvalue weighted by Crippen LogP contribution is 2.42. The fourth-order valence-corrected chi connectivity index (χ4v) is 5.41. The van der Waals surface area contributed by atoms with Crippen molar-refractivity contribution >= 4 is 33.4 Å². The van der Waals surface area contributed by atoms with Gasteiger partial charge >= 0.3 is 6.01 Å². The molecule has 0 bridgehead atoms. The summed E-state index contributed by atoms with van der Waals surface area (Å²) in [5, 5.41) is 4.67. The molecule has 0 radical (unpaired) electrons. The van der Waals surface area contributed by atoms with Gasteiger partial charge in [0.2, 0.25) is 0 Å². The van der Waals surface area contributed by atoms with Crippen LogP contribution in [0, 0.1) is 24.6 Å². The molecule has 2 atom stereocenters. The Kier molecular flexibility index (Phi) is 4.78. The van der Waals surface area contributed by atoms with Crippen LogP contribution in [0.25, 0.3) is 21.9 Å². The van der Waals surface area contributed by atoms with Crippen LogP contribution in [0.2, 0.25) is 0 Å². The van der Waals surface area contributed by atoms with E-state index >= 15 is 0 Å². The number of ether oxygens (including phenoxy) is 1. The number of nitrogens with zero attached hydrogens (tertiary/aromatic N) is 5. The van der Waals surface area contributed by atoms with Crippen LogP contribution < -0.4 is 15.0 Å². The molecule has 4 heterocycles. The van der Waals surface area contributed by atoms with Crippen LogP contribution in [0.5, 0.6) is 11.8 Å². The SMILES string of the molecule is CNc1cc(F)cc2c1[nH]c1nc(Oc3cnc(C)nc3)nc(N3C[C@H]4CCCC[C@H]4C3)c12. The second-order valence-electron chi connectivity index (χ2n) is 9.08. The van der Waals surface area contributed by atoms with E-state index in [9.17, 15) is 4.39 Å². The maximum atomic E-state index is 14.5. The Morgan fingerprint density at radius 1 is 1.09 bits per heavy atom. The monoisotopic (exact) mass is 447 g/mol. The lowest BCUT2D eigenvalue weighted by atomic mass is 9.82. The molecule has 0 unspecified atom stereocenters. The number of anilines is 2. The van der Waals surface area contributed by atoms with Crippen molar-refractivity contribution in [3.8, 4) is 11.8 Å². The number of aryl methyl sites for hydroxylation is 1. The molecule has 0 spiro atoms. The highest BCUT2D eigenvalue weighted by Gasteiger charge is 2.36. The Hall–Kier alpha value is -3.49. The molecular weight excluding hydrogens is 421 g/mol. The number of fused-ring (bicyclic) bond motifs is 4. The zero-order chi connectivity index (χ0) is 22.5. The maximum absolute atomic E-state index is 14.5. The fraction of sp³-hybridized carbons (Fsp3) is 0.417. The lowest BCUT2D eigenvalue weighted by molar-refractivity contribution is 0.299. The van der Waals surface area contributed by atoms with Crippen LogP contribution in [0.15, 0.2) is 24.5 Å². The summed E-state index contributed by atoms with van der Waals surface area (Å²) in [7, 11) is 1.78. The molecule has 2 aliphatic rings. The zero-order valence-corrected chi connectivity index (χ0v) is 18.7. The maximum Gasteiger partial charge on any atom is 0.326 e. The third-order valence-corrected chi connectivity index (χ3v) is 7.00. The molecule has 3 aromatic heterocycles. The summed E-state index contributed by atoms with van der Waals surface area (Å²) >= 11 is 0. The normalized spacial score (nSPS) is 20.4. The Morgan fingerprint density at radius 3 is 2.52 bits per heavy atom. The highest BCUT2D eigenvalue weighted by molar-refractivity contribution is 6.14. The molecule has 1 saturated carbocycles. The van der Waals surface area contributed by atoms with Crippen LogP contribution >= 0.6 is 0 Å². The first-order valence-electron chi connectivity index (χ1n) is 11.5. The minimum atomic E-state index is -0.300. The van der Waals surface area contributed by atoms with Crippen molar-refractivity contribution < 1.29 is 9.13 Å². The first-order chi connectivity index (χ1) is 16.1. The number of halogens is 1. The molecule has 6 rings (SSSR count). The average Bonchev–Trinajstić information content (AvgIpc) is 3.41. The molecule has 1 saturated heterocycles. The van der Waals surface area contributed by atoms with Crippen molar-refractivity contribution in [1.82, 2.24) is 24.9 Å². The Labute approximate surface area is 190 Å². The predicted octanol–water partition coefficient (Wildman–Crippen LogP) is 4.81. The summed E-state index contributed by atoms with van der Waals surface area (Å²) in [4.78, 5) is 23.6. The van der Waals surface area contributed by atoms with Gasteiger partial charge in [-0.2, -0.15) is 9.97 Å². The highest BCUT2D eigenvalue weighted by atomic mass is 19.1. The van der Waals surface area contributed by atoms with Gasteiger partial charge in [-0.25, -0.2) is 14.4 Å². The number of rotatable bonds is 4. The van der Waals surface area contributed by atoms with Gasteiger partial charge in [-0.05, 0) is 43.7 Å². The molecular formula is C24H26FN7O. The number of benzene rings is 1. The van der Waals surface area contributed by atoms with Gasteiger partial charge in [-0.3, -0.25) is 0 Å². The molecule has 9 heteroatoms. The van der Waals surface area contributed by atoms with Gasteiger partial charge in [-0.15, -0.1) is 0 Å². The smallest absolute Gasteiger partial charge is 0.326 e. The van der Waals surface area contributed by atoms with E-state index in [1.165, 1.54) is 31.7 Å². The molecule has 1 aliphatic heterocycles. The topological polar surface area (TPSA) is 91.8 Å². The minimum Gasteiger partial charge on any atom is -0.421 e. The van der Waals surface area contributed by atoms with Crippen LogP contribution in [-0.4, -0.2) is 45.1 Å². The molecule has 33 heavy (non-hydrogen) atoms. The first-order valence-corrected chi connectivity index (χ1v) is 11.5. The zero-order valence-electron chi connectivity index (χ0n) is 18.7. The van der Waals surface area contributed by atoms with E-state index in [-0.39, 0.29) is 11.8 Å². The first kappa shape index (κ1) is 20.1. The summed E-state index contributed by atoms with van der Waals surface area (Å²) in [5.41, 5.74) is 2.10. The summed E-state index contributed by atoms with van der Waals surface area (Å²) in [6, 6.07) is 3.26. The number of aromatic nitrogens is 5. The van der Waals surface area contributed by atoms with E-state index in [2.05, 4.69) is 30.2 Å². The van der Waals surface area contributed by atoms with Crippen molar-refractivity contribution in [2.24, 2.45) is 11.8 Å². The van der Waals surface area contributed by atoms with Crippen molar-refractivity contribution in [2.45, 2.75) is 32.6 Å². The van der Waals surface area contributed by atoms with Gasteiger partial charge in [-0.1, -0.05) is 12.8 Å². The Balaban J connectivity index is 1.52. The molecule has 0 amide bonds. The summed E-state index contributed by atoms with van der Waals surface area (Å²) in [5.74, 6) is 2.97. The largest absolute Gasteiger partial charge is 0.421 e. The fourth-order valence-electron chi connectivity index (χ4n) is 5.41. The van der Waals surface area contributed by atoms with E-state index in [0.29, 0.717) is 34.7 Å². The summed E-state index contributed by atoms with van der Waals surface area (Å²) in [6.07, 6.45) is 8.32. The third kappa shape index (κ3) is 3.51. The van der Waals surface area contributed by atoms with E-state index < -0.39 is 0 Å². The second kappa shape index (κ2) is 7.83. The second-order valence-corrected chi connectivity index (χ2v) is 9.08. The number of aromatic amines is 1. The molecule has 1 aliphatic carbocycles. The van der Waals surface area contributed by atoms with Crippen molar-refractivity contribution in [2.75, 3.05) is 30.4 Å². The van der Waals surface area contributed by atoms with Gasteiger partial charge < -0.3 is 19.9 Å². The molecule has 4 aromatic rings. The summed E-state index contributed by atoms with van der Waals surface area (Å²) in [6.45, 7) is 3.72. The van der Waals surface area contributed by atoms with Crippen LogP contribution in [0.3, 0.4) is 0 Å². The number of nitrogens with one attached hydrogen (secondary N) is 2. The average molecular weight is 448 g/mol. The van der Waals surface area contributed by atoms with Gasteiger partial charge in [0, 0.05) is 25.5 Å². The number of hydrogen-bond acceptors (Lipinski definition) is 7. The lowest BCUT2D eigenvalue weighted by Gasteiger charge is -2.22. The number of H-pyrrole nitrogens is 1. The predicted molar refractivity (Wildman–Crippen MR) is 125 cm³/mol. The lowest BCUT2D eigenvalue weighted by Crippen LogP contribution is -2.21. The van der Waals surface area contributed by atoms with Gasteiger partial charge in [0.25, 0.3) is 0 Å². The third-order valence-electron chi connectivity index (χ3n) is 7.00. The van der Waals surface area contributed by atoms with Crippen LogP contribution in [0.4, 0.5) is 15.9 Å². The molecule has 2 N–H and O–H groups in total. The molecule has 170 valence electrons. The van der Waals surface area contributed by atoms with E-state index in [0.717, 1.165) is 35.2 Å². The van der Waals surface area contributed by atoms with Crippen LogP contribution in [0.1, 0.15) is 31.5 Å². The summed E-state index contributed by atoms with van der Waals surface area (Å²) < 4.78 is 20.4.